The number of hydrogen-bond donors (Lipinski definition) is 0. The van der Waals surface area contributed by atoms with Gasteiger partial charge in [-0.05, 0) is 51.0 Å². The summed E-state index contributed by atoms with van der Waals surface area (Å²) in [6.07, 6.45) is 2.38. The first-order valence-electron chi connectivity index (χ1n) is 7.19. The second kappa shape index (κ2) is 6.75. The van der Waals surface area contributed by atoms with Crippen LogP contribution in [0, 0.1) is 0 Å². The van der Waals surface area contributed by atoms with Crippen LogP contribution in [0.1, 0.15) is 37.0 Å². The summed E-state index contributed by atoms with van der Waals surface area (Å²) in [7, 11) is 1.38. The Morgan fingerprint density at radius 2 is 1.80 bits per heavy atom. The fourth-order valence-corrected chi connectivity index (χ4v) is 2.49. The van der Waals surface area contributed by atoms with E-state index in [2.05, 4.69) is 23.5 Å². The Morgan fingerprint density at radius 3 is 2.30 bits per heavy atom. The highest BCUT2D eigenvalue weighted by Gasteiger charge is 2.21. The third-order valence-electron chi connectivity index (χ3n) is 3.79. The molecule has 0 N–H and O–H groups in total. The zero-order valence-corrected chi connectivity index (χ0v) is 12.5. The van der Waals surface area contributed by atoms with Gasteiger partial charge in [-0.2, -0.15) is 0 Å². The number of benzene rings is 1. The van der Waals surface area contributed by atoms with E-state index in [0.717, 1.165) is 31.7 Å². The van der Waals surface area contributed by atoms with Gasteiger partial charge in [0.2, 0.25) is 0 Å². The summed E-state index contributed by atoms with van der Waals surface area (Å²) in [5.41, 5.74) is 0.550. The lowest BCUT2D eigenvalue weighted by Crippen LogP contribution is -2.41. The number of esters is 1. The largest absolute Gasteiger partial charge is 0.490 e. The summed E-state index contributed by atoms with van der Waals surface area (Å²) >= 11 is 0. The van der Waals surface area contributed by atoms with Gasteiger partial charge in [-0.25, -0.2) is 4.79 Å². The van der Waals surface area contributed by atoms with Crippen molar-refractivity contribution in [2.24, 2.45) is 0 Å². The number of hydrogen-bond acceptors (Lipinski definition) is 4. The van der Waals surface area contributed by atoms with Gasteiger partial charge < -0.3 is 14.4 Å². The molecule has 0 aromatic heterocycles. The molecule has 1 heterocycles. The Kier molecular flexibility index (Phi) is 5.01. The molecule has 0 spiro atoms. The van der Waals surface area contributed by atoms with Gasteiger partial charge in [-0.1, -0.05) is 0 Å². The number of carbonyl (C=O) groups excluding carboxylic acids is 1. The van der Waals surface area contributed by atoms with Crippen LogP contribution in [0.25, 0.3) is 0 Å². The predicted molar refractivity (Wildman–Crippen MR) is 78.1 cm³/mol. The minimum Gasteiger partial charge on any atom is -0.490 e. The first kappa shape index (κ1) is 14.9. The van der Waals surface area contributed by atoms with E-state index >= 15 is 0 Å². The summed E-state index contributed by atoms with van der Waals surface area (Å²) < 4.78 is 10.6. The number of rotatable bonds is 4. The van der Waals surface area contributed by atoms with Crippen molar-refractivity contribution in [2.45, 2.75) is 38.8 Å². The quantitative estimate of drug-likeness (QED) is 0.793. The van der Waals surface area contributed by atoms with Crippen LogP contribution in [0.5, 0.6) is 5.75 Å². The van der Waals surface area contributed by atoms with Crippen LogP contribution >= 0.6 is 0 Å². The zero-order chi connectivity index (χ0) is 14.5. The minimum absolute atomic E-state index is 0.272. The van der Waals surface area contributed by atoms with Gasteiger partial charge in [0, 0.05) is 19.1 Å². The van der Waals surface area contributed by atoms with E-state index in [4.69, 9.17) is 4.74 Å². The topological polar surface area (TPSA) is 38.8 Å². The Balaban J connectivity index is 1.87. The zero-order valence-electron chi connectivity index (χ0n) is 12.5. The second-order valence-electron chi connectivity index (χ2n) is 5.46. The smallest absolute Gasteiger partial charge is 0.337 e. The highest BCUT2D eigenvalue weighted by Crippen LogP contribution is 2.20. The standard InChI is InChI=1S/C16H23NO3/c1-12(2)17-10-8-15(9-11-17)20-14-6-4-13(5-7-14)16(18)19-3/h4-7,12,15H,8-11H2,1-3H3. The van der Waals surface area contributed by atoms with Crippen molar-refractivity contribution >= 4 is 5.97 Å². The summed E-state index contributed by atoms with van der Waals surface area (Å²) in [4.78, 5) is 13.8. The fraction of sp³-hybridized carbons (Fsp3) is 0.562. The molecule has 2 rings (SSSR count). The summed E-state index contributed by atoms with van der Waals surface area (Å²) in [5.74, 6) is 0.502. The van der Waals surface area contributed by atoms with Crippen molar-refractivity contribution < 1.29 is 14.3 Å². The van der Waals surface area contributed by atoms with Crippen LogP contribution in [-0.2, 0) is 4.74 Å². The van der Waals surface area contributed by atoms with Crippen LogP contribution < -0.4 is 4.74 Å². The maximum atomic E-state index is 11.3. The summed E-state index contributed by atoms with van der Waals surface area (Å²) in [6.45, 7) is 6.63. The lowest BCUT2D eigenvalue weighted by Gasteiger charge is -2.34. The van der Waals surface area contributed by atoms with Crippen LogP contribution in [0.15, 0.2) is 24.3 Å². The molecule has 0 aliphatic carbocycles. The maximum absolute atomic E-state index is 11.3. The molecule has 20 heavy (non-hydrogen) atoms. The SMILES string of the molecule is COC(=O)c1ccc(OC2CCN(C(C)C)CC2)cc1. The molecule has 0 atom stereocenters. The third-order valence-corrected chi connectivity index (χ3v) is 3.79. The monoisotopic (exact) mass is 277 g/mol. The van der Waals surface area contributed by atoms with E-state index in [0.29, 0.717) is 11.6 Å². The van der Waals surface area contributed by atoms with Crippen molar-refractivity contribution in [3.8, 4) is 5.75 Å². The van der Waals surface area contributed by atoms with E-state index in [1.807, 2.05) is 12.1 Å². The maximum Gasteiger partial charge on any atom is 0.337 e. The van der Waals surface area contributed by atoms with Crippen LogP contribution in [-0.4, -0.2) is 43.2 Å². The molecule has 0 bridgehead atoms. The lowest BCUT2D eigenvalue weighted by molar-refractivity contribution is 0.0600. The number of carbonyl (C=O) groups is 1. The highest BCUT2D eigenvalue weighted by atomic mass is 16.5. The molecule has 1 aliphatic rings. The van der Waals surface area contributed by atoms with E-state index < -0.39 is 0 Å². The van der Waals surface area contributed by atoms with Crippen LogP contribution in [0.4, 0.5) is 0 Å². The highest BCUT2D eigenvalue weighted by molar-refractivity contribution is 5.89. The molecule has 0 amide bonds. The van der Waals surface area contributed by atoms with Gasteiger partial charge in [-0.3, -0.25) is 0 Å². The lowest BCUT2D eigenvalue weighted by atomic mass is 10.1. The van der Waals surface area contributed by atoms with Crippen molar-refractivity contribution in [2.75, 3.05) is 20.2 Å². The number of likely N-dealkylation sites (tertiary alicyclic amines) is 1. The first-order chi connectivity index (χ1) is 9.60. The third kappa shape index (κ3) is 3.73. The Hall–Kier alpha value is -1.55. The van der Waals surface area contributed by atoms with Gasteiger partial charge in [0.05, 0.1) is 12.7 Å². The Bertz CT molecular complexity index is 434. The molecule has 110 valence electrons. The molecule has 1 aromatic carbocycles. The van der Waals surface area contributed by atoms with Crippen molar-refractivity contribution in [1.82, 2.24) is 4.90 Å². The van der Waals surface area contributed by atoms with Crippen molar-refractivity contribution in [3.63, 3.8) is 0 Å². The molecule has 0 unspecified atom stereocenters. The number of piperidine rings is 1. The molecule has 0 saturated carbocycles. The van der Waals surface area contributed by atoms with E-state index in [9.17, 15) is 4.79 Å². The molecular formula is C16H23NO3. The van der Waals surface area contributed by atoms with Gasteiger partial charge in [0.25, 0.3) is 0 Å². The molecule has 1 aliphatic heterocycles. The number of nitrogens with zero attached hydrogens (tertiary/aromatic N) is 1. The summed E-state index contributed by atoms with van der Waals surface area (Å²) in [5, 5.41) is 0. The van der Waals surface area contributed by atoms with E-state index in [-0.39, 0.29) is 12.1 Å². The van der Waals surface area contributed by atoms with Gasteiger partial charge in [-0.15, -0.1) is 0 Å². The van der Waals surface area contributed by atoms with Crippen molar-refractivity contribution in [3.05, 3.63) is 29.8 Å². The van der Waals surface area contributed by atoms with Crippen LogP contribution in [0.3, 0.4) is 0 Å². The number of ether oxygens (including phenoxy) is 2. The predicted octanol–water partition coefficient (Wildman–Crippen LogP) is 2.72. The normalized spacial score (nSPS) is 17.2. The second-order valence-corrected chi connectivity index (χ2v) is 5.46. The molecule has 1 fully saturated rings. The van der Waals surface area contributed by atoms with E-state index in [1.54, 1.807) is 12.1 Å². The number of methoxy groups -OCH3 is 1. The molecule has 1 aromatic rings. The molecule has 1 saturated heterocycles. The van der Waals surface area contributed by atoms with Gasteiger partial charge >= 0.3 is 5.97 Å². The Morgan fingerprint density at radius 1 is 1.20 bits per heavy atom. The summed E-state index contributed by atoms with van der Waals surface area (Å²) in [6, 6.07) is 7.76. The Labute approximate surface area is 120 Å². The van der Waals surface area contributed by atoms with Gasteiger partial charge in [0.1, 0.15) is 11.9 Å². The molecule has 4 nitrogen and oxygen atoms in total. The van der Waals surface area contributed by atoms with Crippen molar-refractivity contribution in [1.29, 1.82) is 0 Å². The average Bonchev–Trinajstić information content (AvgIpc) is 2.48. The average molecular weight is 277 g/mol. The fourth-order valence-electron chi connectivity index (χ4n) is 2.49. The van der Waals surface area contributed by atoms with Gasteiger partial charge in [0.15, 0.2) is 0 Å². The molecule has 0 radical (unpaired) electrons. The van der Waals surface area contributed by atoms with E-state index in [1.165, 1.54) is 7.11 Å². The first-order valence-corrected chi connectivity index (χ1v) is 7.19. The molecular weight excluding hydrogens is 254 g/mol. The van der Waals surface area contributed by atoms with Crippen LogP contribution in [0.2, 0.25) is 0 Å². The molecule has 4 heteroatoms. The minimum atomic E-state index is -0.318.